The van der Waals surface area contributed by atoms with Gasteiger partial charge in [-0.2, -0.15) is 22.0 Å². The third-order valence-electron chi connectivity index (χ3n) is 0.798. The fourth-order valence-electron chi connectivity index (χ4n) is 0.200. The quantitative estimate of drug-likeness (QED) is 0.537. The van der Waals surface area contributed by atoms with Crippen molar-refractivity contribution in [3.8, 4) is 0 Å². The fourth-order valence-corrected chi connectivity index (χ4v) is 0.200. The maximum Gasteiger partial charge on any atom is 0.461 e. The molecule has 0 rings (SSSR count). The largest absolute Gasteiger partial charge is 0.461 e. The van der Waals surface area contributed by atoms with Crippen molar-refractivity contribution in [2.75, 3.05) is 0 Å². The molecule has 0 amide bonds. The molecule has 0 unspecified atom stereocenters. The van der Waals surface area contributed by atoms with Gasteiger partial charge in [-0.25, -0.2) is 0 Å². The van der Waals surface area contributed by atoms with Gasteiger partial charge in [0, 0.05) is 6.92 Å². The molecule has 60 valence electrons. The Morgan fingerprint density at radius 3 is 1.40 bits per heavy atom. The molecule has 0 aromatic heterocycles. The fraction of sp³-hybridized carbons (Fsp3) is 0.750. The van der Waals surface area contributed by atoms with Crippen LogP contribution < -0.4 is 0 Å². The topological polar surface area (TPSA) is 17.1 Å². The summed E-state index contributed by atoms with van der Waals surface area (Å²) in [5.74, 6) is -7.40. The van der Waals surface area contributed by atoms with E-state index >= 15 is 0 Å². The van der Waals surface area contributed by atoms with Crippen LogP contribution in [0.15, 0.2) is 0 Å². The van der Waals surface area contributed by atoms with E-state index < -0.39 is 17.9 Å². The van der Waals surface area contributed by atoms with E-state index in [1.807, 2.05) is 0 Å². The third-order valence-corrected chi connectivity index (χ3v) is 0.798. The highest BCUT2D eigenvalue weighted by molar-refractivity contribution is 5.83. The van der Waals surface area contributed by atoms with Crippen LogP contribution in [0.2, 0.25) is 0 Å². The summed E-state index contributed by atoms with van der Waals surface area (Å²) in [6, 6.07) is 0. The summed E-state index contributed by atoms with van der Waals surface area (Å²) in [7, 11) is 0. The molecule has 0 aromatic rings. The summed E-state index contributed by atoms with van der Waals surface area (Å²) in [4.78, 5) is 9.64. The lowest BCUT2D eigenvalue weighted by molar-refractivity contribution is -0.267. The van der Waals surface area contributed by atoms with Gasteiger partial charge in [-0.1, -0.05) is 0 Å². The number of Topliss-reactive ketones (excluding diaryl/α,β-unsaturated/α-hetero) is 1. The van der Waals surface area contributed by atoms with E-state index in [-0.39, 0.29) is 6.92 Å². The van der Waals surface area contributed by atoms with Gasteiger partial charge in [-0.3, -0.25) is 4.79 Å². The van der Waals surface area contributed by atoms with E-state index in [1.165, 1.54) is 0 Å². The van der Waals surface area contributed by atoms with Crippen LogP contribution in [0.1, 0.15) is 6.92 Å². The number of ketones is 1. The van der Waals surface area contributed by atoms with Gasteiger partial charge in [0.05, 0.1) is 0 Å². The van der Waals surface area contributed by atoms with Crippen molar-refractivity contribution in [2.24, 2.45) is 0 Å². The Balaban J connectivity index is 4.57. The van der Waals surface area contributed by atoms with Gasteiger partial charge in [0.15, 0.2) is 0 Å². The van der Waals surface area contributed by atoms with Crippen molar-refractivity contribution in [1.29, 1.82) is 0 Å². The van der Waals surface area contributed by atoms with Gasteiger partial charge in [0.2, 0.25) is 5.78 Å². The second-order valence-corrected chi connectivity index (χ2v) is 1.63. The normalized spacial score (nSPS) is 13.4. The number of carbonyl (C=O) groups is 1. The molecule has 0 aliphatic rings. The molecule has 10 heavy (non-hydrogen) atoms. The molecule has 0 aliphatic carbocycles. The molecular formula is C4H3F5O. The first-order valence-electron chi connectivity index (χ1n) is 2.15. The Labute approximate surface area is 52.8 Å². The smallest absolute Gasteiger partial charge is 0.293 e. The van der Waals surface area contributed by atoms with Crippen molar-refractivity contribution < 1.29 is 26.7 Å². The van der Waals surface area contributed by atoms with Crippen molar-refractivity contribution in [1.82, 2.24) is 0 Å². The van der Waals surface area contributed by atoms with Gasteiger partial charge in [-0.15, -0.1) is 0 Å². The molecule has 0 N–H and O–H groups in total. The Kier molecular flexibility index (Phi) is 2.03. The molecule has 6 heteroatoms. The average molecular weight is 162 g/mol. The zero-order valence-corrected chi connectivity index (χ0v) is 4.80. The van der Waals surface area contributed by atoms with Gasteiger partial charge in [0.25, 0.3) is 0 Å². The van der Waals surface area contributed by atoms with Crippen LogP contribution in [-0.4, -0.2) is 17.9 Å². The number of hydrogen-bond acceptors (Lipinski definition) is 1. The lowest BCUT2D eigenvalue weighted by Crippen LogP contribution is -2.42. The van der Waals surface area contributed by atoms with E-state index in [9.17, 15) is 26.7 Å². The summed E-state index contributed by atoms with van der Waals surface area (Å²) < 4.78 is 56.5. The van der Waals surface area contributed by atoms with Crippen LogP contribution in [0.4, 0.5) is 22.0 Å². The van der Waals surface area contributed by atoms with E-state index in [0.717, 1.165) is 0 Å². The zero-order valence-electron chi connectivity index (χ0n) is 4.80. The molecular weight excluding hydrogens is 159 g/mol. The summed E-state index contributed by atoms with van der Waals surface area (Å²) in [6.07, 6.45) is -5.77. The lowest BCUT2D eigenvalue weighted by atomic mass is 10.2. The first-order chi connectivity index (χ1) is 4.19. The van der Waals surface area contributed by atoms with Crippen molar-refractivity contribution in [3.05, 3.63) is 0 Å². The Bertz CT molecular complexity index is 146. The maximum absolute atomic E-state index is 11.6. The molecule has 0 aromatic carbocycles. The van der Waals surface area contributed by atoms with Crippen LogP contribution in [0.25, 0.3) is 0 Å². The number of carbonyl (C=O) groups excluding carboxylic acids is 1. The molecule has 0 saturated carbocycles. The number of halogens is 5. The minimum atomic E-state index is -5.77. The molecule has 0 bridgehead atoms. The zero-order chi connectivity index (χ0) is 8.58. The highest BCUT2D eigenvalue weighted by Gasteiger charge is 2.61. The molecule has 0 aliphatic heterocycles. The summed E-state index contributed by atoms with van der Waals surface area (Å²) in [5, 5.41) is 0. The van der Waals surface area contributed by atoms with Crippen LogP contribution in [0.3, 0.4) is 0 Å². The van der Waals surface area contributed by atoms with Crippen LogP contribution in [0.5, 0.6) is 0 Å². The SMILES string of the molecule is CC(=O)C(F)(F)C(F)(F)F. The summed E-state index contributed by atoms with van der Waals surface area (Å²) >= 11 is 0. The van der Waals surface area contributed by atoms with Gasteiger partial charge in [0.1, 0.15) is 0 Å². The molecule has 0 fully saturated rings. The van der Waals surface area contributed by atoms with Gasteiger partial charge < -0.3 is 0 Å². The highest BCUT2D eigenvalue weighted by atomic mass is 19.4. The van der Waals surface area contributed by atoms with Crippen molar-refractivity contribution in [2.45, 2.75) is 19.0 Å². The predicted molar refractivity (Wildman–Crippen MR) is 21.7 cm³/mol. The molecule has 0 heterocycles. The molecule has 0 spiro atoms. The van der Waals surface area contributed by atoms with Gasteiger partial charge in [-0.05, 0) is 0 Å². The molecule has 1 nitrogen and oxygen atoms in total. The van der Waals surface area contributed by atoms with Crippen molar-refractivity contribution >= 4 is 5.78 Å². The molecule has 0 atom stereocenters. The van der Waals surface area contributed by atoms with E-state index in [2.05, 4.69) is 0 Å². The van der Waals surface area contributed by atoms with E-state index in [0.29, 0.717) is 0 Å². The lowest BCUT2D eigenvalue weighted by Gasteiger charge is -2.15. The second-order valence-electron chi connectivity index (χ2n) is 1.63. The maximum atomic E-state index is 11.6. The Hall–Kier alpha value is -0.680. The second kappa shape index (κ2) is 2.17. The number of alkyl halides is 5. The standard InChI is InChI=1S/C4H3F5O/c1-2(10)3(5,6)4(7,8)9/h1H3. The monoisotopic (exact) mass is 162 g/mol. The van der Waals surface area contributed by atoms with Crippen molar-refractivity contribution in [3.63, 3.8) is 0 Å². The third kappa shape index (κ3) is 1.43. The Morgan fingerprint density at radius 1 is 1.10 bits per heavy atom. The molecule has 0 saturated heterocycles. The van der Waals surface area contributed by atoms with Crippen LogP contribution >= 0.6 is 0 Å². The first kappa shape index (κ1) is 9.32. The first-order valence-corrected chi connectivity index (χ1v) is 2.15. The highest BCUT2D eigenvalue weighted by Crippen LogP contribution is 2.35. The van der Waals surface area contributed by atoms with Crippen LogP contribution in [-0.2, 0) is 4.79 Å². The van der Waals surface area contributed by atoms with Crippen LogP contribution in [0, 0.1) is 0 Å². The average Bonchev–Trinajstić information content (AvgIpc) is 1.62. The minimum absolute atomic E-state index is 0.188. The predicted octanol–water partition coefficient (Wildman–Crippen LogP) is 1.77. The minimum Gasteiger partial charge on any atom is -0.293 e. The summed E-state index contributed by atoms with van der Waals surface area (Å²) in [5.41, 5.74) is 0. The van der Waals surface area contributed by atoms with Gasteiger partial charge >= 0.3 is 12.1 Å². The molecule has 0 radical (unpaired) electrons. The van der Waals surface area contributed by atoms with E-state index in [4.69, 9.17) is 0 Å². The number of hydrogen-bond donors (Lipinski definition) is 0. The van der Waals surface area contributed by atoms with E-state index in [1.54, 1.807) is 0 Å². The Morgan fingerprint density at radius 2 is 1.40 bits per heavy atom. The number of rotatable bonds is 1. The summed E-state index contributed by atoms with van der Waals surface area (Å²) in [6.45, 7) is 0.188.